The number of nitrogens with one attached hydrogen (secondary N) is 2. The molecule has 0 radical (unpaired) electrons. The van der Waals surface area contributed by atoms with Crippen molar-refractivity contribution in [2.45, 2.75) is 68.0 Å². The summed E-state index contributed by atoms with van der Waals surface area (Å²) in [6.07, 6.45) is 7.02. The molecule has 2 fully saturated rings. The van der Waals surface area contributed by atoms with Gasteiger partial charge in [-0.05, 0) is 56.4 Å². The predicted octanol–water partition coefficient (Wildman–Crippen LogP) is 5.17. The maximum atomic E-state index is 14.1. The molecule has 7 rings (SSSR count). The van der Waals surface area contributed by atoms with Crippen LogP contribution in [0, 0.1) is 5.92 Å². The number of methoxy groups -OCH3 is 1. The van der Waals surface area contributed by atoms with Crippen molar-refractivity contribution in [1.29, 1.82) is 0 Å². The fourth-order valence-electron chi connectivity index (χ4n) is 7.10. The number of likely N-dealkylation sites (tertiary alicyclic amines) is 1. The second-order valence-electron chi connectivity index (χ2n) is 13.7. The van der Waals surface area contributed by atoms with E-state index in [1.165, 1.54) is 24.0 Å². The number of allylic oxidation sites excluding steroid dienone is 1. The number of hydrogen-bond acceptors (Lipinski definition) is 9. The van der Waals surface area contributed by atoms with Gasteiger partial charge in [-0.15, -0.1) is 0 Å². The fraction of sp³-hybridized carbons (Fsp3) is 0.350. The third-order valence-electron chi connectivity index (χ3n) is 10.1. The molecule has 2 aliphatic heterocycles. The second kappa shape index (κ2) is 14.9. The minimum atomic E-state index is -4.30. The van der Waals surface area contributed by atoms with Crippen LogP contribution in [-0.2, 0) is 24.4 Å². The first kappa shape index (κ1) is 36.0. The van der Waals surface area contributed by atoms with Crippen LogP contribution in [0.2, 0.25) is 0 Å². The van der Waals surface area contributed by atoms with Gasteiger partial charge >= 0.3 is 0 Å². The van der Waals surface area contributed by atoms with Crippen LogP contribution in [0.5, 0.6) is 17.2 Å². The smallest absolute Gasteiger partial charge is 0.264 e. The Morgan fingerprint density at radius 3 is 2.64 bits per heavy atom. The number of benzene rings is 3. The van der Waals surface area contributed by atoms with E-state index in [0.29, 0.717) is 35.1 Å². The van der Waals surface area contributed by atoms with Crippen molar-refractivity contribution in [3.63, 3.8) is 0 Å². The molecule has 0 unspecified atom stereocenters. The lowest BCUT2D eigenvalue weighted by atomic mass is 10.1. The third-order valence-corrected chi connectivity index (χ3v) is 11.4. The number of rotatable bonds is 6. The molecule has 2 N–H and O–H groups in total. The van der Waals surface area contributed by atoms with Gasteiger partial charge in [-0.3, -0.25) is 14.4 Å². The summed E-state index contributed by atoms with van der Waals surface area (Å²) in [7, 11) is -2.72. The average Bonchev–Trinajstić information content (AvgIpc) is 3.68. The Morgan fingerprint density at radius 1 is 1.02 bits per heavy atom. The molecule has 1 aromatic heterocycles. The molecule has 3 aromatic carbocycles. The Hall–Kier alpha value is -5.43. The molecule has 1 saturated carbocycles. The van der Waals surface area contributed by atoms with E-state index in [-0.39, 0.29) is 30.2 Å². The molecule has 4 aromatic rings. The summed E-state index contributed by atoms with van der Waals surface area (Å²) < 4.78 is 46.8. The summed E-state index contributed by atoms with van der Waals surface area (Å²) in [6, 6.07) is 22.1. The SMILES string of the molecule is COc1ccc2c(O[C@@H]3C[C@@H](C(=O)N[C@]45C[C@H]4/C=C\CCCCCOc4cccc(c4)S(=O)(=O)NC5=O)N(C(C)=O)C3)cc(-c3ccccc3)nc2c1. The van der Waals surface area contributed by atoms with Crippen LogP contribution < -0.4 is 24.2 Å². The van der Waals surface area contributed by atoms with Crippen molar-refractivity contribution >= 4 is 38.6 Å². The molecule has 3 heterocycles. The molecule has 0 spiro atoms. The van der Waals surface area contributed by atoms with Crippen molar-refractivity contribution in [2.24, 2.45) is 5.92 Å². The number of sulfonamides is 1. The van der Waals surface area contributed by atoms with E-state index in [0.717, 1.165) is 36.6 Å². The summed E-state index contributed by atoms with van der Waals surface area (Å²) in [4.78, 5) is 47.1. The number of carbonyl (C=O) groups is 3. The number of amides is 3. The minimum absolute atomic E-state index is 0.124. The molecular weight excluding hydrogens is 697 g/mol. The van der Waals surface area contributed by atoms with Gasteiger partial charge < -0.3 is 24.4 Å². The molecule has 4 atom stereocenters. The molecule has 3 amide bonds. The molecule has 276 valence electrons. The average molecular weight is 739 g/mol. The van der Waals surface area contributed by atoms with Gasteiger partial charge in [0.1, 0.15) is 34.9 Å². The highest BCUT2D eigenvalue weighted by Crippen LogP contribution is 2.46. The van der Waals surface area contributed by atoms with Crippen LogP contribution >= 0.6 is 0 Å². The zero-order valence-corrected chi connectivity index (χ0v) is 30.4. The lowest BCUT2D eigenvalue weighted by Gasteiger charge is -2.25. The normalized spacial score (nSPS) is 24.6. The number of hydrogen-bond donors (Lipinski definition) is 2. The molecule has 2 bridgehead atoms. The van der Waals surface area contributed by atoms with Crippen molar-refractivity contribution in [1.82, 2.24) is 19.9 Å². The van der Waals surface area contributed by atoms with E-state index >= 15 is 0 Å². The predicted molar refractivity (Wildman–Crippen MR) is 198 cm³/mol. The summed E-state index contributed by atoms with van der Waals surface area (Å²) in [5.74, 6) is -0.605. The highest BCUT2D eigenvalue weighted by Gasteiger charge is 2.61. The first-order valence-corrected chi connectivity index (χ1v) is 19.3. The van der Waals surface area contributed by atoms with Gasteiger partial charge in [0.25, 0.3) is 15.9 Å². The molecule has 3 aliphatic rings. The number of fused-ring (bicyclic) bond motifs is 4. The number of carbonyl (C=O) groups excluding carboxylic acids is 3. The van der Waals surface area contributed by atoms with Gasteiger partial charge in [0.2, 0.25) is 11.8 Å². The number of ether oxygens (including phenoxy) is 3. The van der Waals surface area contributed by atoms with E-state index in [2.05, 4.69) is 10.0 Å². The van der Waals surface area contributed by atoms with E-state index < -0.39 is 45.4 Å². The molecule has 1 saturated heterocycles. The van der Waals surface area contributed by atoms with Crippen LogP contribution in [0.4, 0.5) is 0 Å². The van der Waals surface area contributed by atoms with E-state index in [4.69, 9.17) is 19.2 Å². The van der Waals surface area contributed by atoms with Crippen molar-refractivity contribution in [2.75, 3.05) is 20.3 Å². The molecule has 1 aliphatic carbocycles. The molecule has 13 heteroatoms. The lowest BCUT2D eigenvalue weighted by molar-refractivity contribution is -0.138. The first-order valence-electron chi connectivity index (χ1n) is 17.8. The van der Waals surface area contributed by atoms with Gasteiger partial charge in [-0.2, -0.15) is 0 Å². The summed E-state index contributed by atoms with van der Waals surface area (Å²) in [6.45, 7) is 1.96. The van der Waals surface area contributed by atoms with E-state index in [9.17, 15) is 22.8 Å². The Kier molecular flexibility index (Phi) is 10.1. The van der Waals surface area contributed by atoms with Gasteiger partial charge in [0, 0.05) is 48.4 Å². The van der Waals surface area contributed by atoms with E-state index in [1.807, 2.05) is 66.7 Å². The summed E-state index contributed by atoms with van der Waals surface area (Å²) in [5, 5.41) is 3.62. The van der Waals surface area contributed by atoms with Crippen LogP contribution in [0.25, 0.3) is 22.2 Å². The van der Waals surface area contributed by atoms with Crippen LogP contribution in [0.1, 0.15) is 45.4 Å². The minimum Gasteiger partial charge on any atom is -0.497 e. The standard InChI is InChI=1S/C40H42N4O8S/c1-26(45)44-25-31(52-37-23-34(27-12-7-6-8-13-27)41-35-21-29(50-2)17-18-33(35)37)22-36(44)38(46)42-40-24-28(40)14-9-4-3-5-10-19-51-30-15-11-16-32(20-30)53(48,49)43-39(40)47/h6-9,11-18,20-21,23,28,31,36H,3-5,10,19,22,24-25H2,1-2H3,(H,42,46)(H,43,47)/b14-9-/t28-,31-,36+,40-/m1/s1. The van der Waals surface area contributed by atoms with Crippen molar-refractivity contribution < 1.29 is 37.0 Å². The van der Waals surface area contributed by atoms with Crippen molar-refractivity contribution in [3.05, 3.63) is 91.0 Å². The van der Waals surface area contributed by atoms with Crippen LogP contribution in [0.3, 0.4) is 0 Å². The third kappa shape index (κ3) is 7.71. The fourth-order valence-corrected chi connectivity index (χ4v) is 8.17. The Balaban J connectivity index is 1.14. The largest absolute Gasteiger partial charge is 0.497 e. The highest BCUT2D eigenvalue weighted by molar-refractivity contribution is 7.90. The maximum absolute atomic E-state index is 14.1. The van der Waals surface area contributed by atoms with Crippen LogP contribution in [0.15, 0.2) is 95.9 Å². The van der Waals surface area contributed by atoms with Gasteiger partial charge in [-0.1, -0.05) is 48.6 Å². The zero-order valence-electron chi connectivity index (χ0n) is 29.6. The Labute approximate surface area is 308 Å². The number of aromatic nitrogens is 1. The quantitative estimate of drug-likeness (QED) is 0.255. The second-order valence-corrected chi connectivity index (χ2v) is 15.4. The van der Waals surface area contributed by atoms with Gasteiger partial charge in [0.05, 0.1) is 36.4 Å². The van der Waals surface area contributed by atoms with Crippen LogP contribution in [-0.4, -0.2) is 74.0 Å². The maximum Gasteiger partial charge on any atom is 0.264 e. The zero-order chi connectivity index (χ0) is 37.2. The van der Waals surface area contributed by atoms with E-state index in [1.54, 1.807) is 19.2 Å². The monoisotopic (exact) mass is 738 g/mol. The molecule has 12 nitrogen and oxygen atoms in total. The van der Waals surface area contributed by atoms with Gasteiger partial charge in [-0.25, -0.2) is 18.1 Å². The Morgan fingerprint density at radius 2 is 1.85 bits per heavy atom. The summed E-state index contributed by atoms with van der Waals surface area (Å²) >= 11 is 0. The van der Waals surface area contributed by atoms with Gasteiger partial charge in [0.15, 0.2) is 0 Å². The lowest BCUT2D eigenvalue weighted by Crippen LogP contribution is -2.56. The number of pyridine rings is 1. The van der Waals surface area contributed by atoms with Crippen molar-refractivity contribution in [3.8, 4) is 28.5 Å². The Bertz CT molecular complexity index is 2180. The highest BCUT2D eigenvalue weighted by atomic mass is 32.2. The molecular formula is C40H42N4O8S. The summed E-state index contributed by atoms with van der Waals surface area (Å²) in [5.41, 5.74) is 0.713. The number of nitrogens with zero attached hydrogens (tertiary/aromatic N) is 2. The molecule has 53 heavy (non-hydrogen) atoms. The first-order chi connectivity index (χ1) is 25.6. The topological polar surface area (TPSA) is 153 Å².